The van der Waals surface area contributed by atoms with Gasteiger partial charge in [-0.25, -0.2) is 4.98 Å². The molecule has 2 nitrogen and oxygen atoms in total. The van der Waals surface area contributed by atoms with Crippen LogP contribution in [0.4, 0.5) is 0 Å². The molecule has 0 aliphatic carbocycles. The molecule has 0 atom stereocenters. The summed E-state index contributed by atoms with van der Waals surface area (Å²) in [6.07, 6.45) is 0. The standard InChI is InChI=1S/C15H10N2/c1-3-7-12-10(5-1)9-14-15(17-12)11-6-2-4-8-13(11)16-14/h1-9,16H. The zero-order chi connectivity index (χ0) is 11.2. The highest BCUT2D eigenvalue weighted by molar-refractivity contribution is 6.07. The normalized spacial score (nSPS) is 11.5. The number of pyridine rings is 1. The van der Waals surface area contributed by atoms with Crippen LogP contribution in [-0.4, -0.2) is 9.97 Å². The van der Waals surface area contributed by atoms with E-state index in [1.165, 1.54) is 10.8 Å². The molecule has 0 fully saturated rings. The molecule has 4 rings (SSSR count). The van der Waals surface area contributed by atoms with E-state index in [9.17, 15) is 0 Å². The number of rotatable bonds is 0. The molecule has 2 heteroatoms. The predicted molar refractivity (Wildman–Crippen MR) is 71.1 cm³/mol. The number of para-hydroxylation sites is 2. The monoisotopic (exact) mass is 218 g/mol. The number of nitrogens with one attached hydrogen (secondary N) is 1. The zero-order valence-corrected chi connectivity index (χ0v) is 9.14. The van der Waals surface area contributed by atoms with E-state index in [4.69, 9.17) is 4.98 Å². The number of hydrogen-bond acceptors (Lipinski definition) is 1. The topological polar surface area (TPSA) is 28.7 Å². The van der Waals surface area contributed by atoms with Crippen LogP contribution in [0, 0.1) is 0 Å². The van der Waals surface area contributed by atoms with Crippen LogP contribution >= 0.6 is 0 Å². The summed E-state index contributed by atoms with van der Waals surface area (Å²) in [6, 6.07) is 18.7. The summed E-state index contributed by atoms with van der Waals surface area (Å²) in [4.78, 5) is 8.14. The summed E-state index contributed by atoms with van der Waals surface area (Å²) in [5.41, 5.74) is 4.35. The van der Waals surface area contributed by atoms with Gasteiger partial charge in [-0.15, -0.1) is 0 Å². The Morgan fingerprint density at radius 2 is 1.65 bits per heavy atom. The third-order valence-corrected chi connectivity index (χ3v) is 3.18. The second kappa shape index (κ2) is 3.08. The van der Waals surface area contributed by atoms with Crippen molar-refractivity contribution in [2.75, 3.05) is 0 Å². The van der Waals surface area contributed by atoms with E-state index in [0.717, 1.165) is 22.1 Å². The Labute approximate surface area is 97.9 Å². The lowest BCUT2D eigenvalue weighted by Gasteiger charge is -1.96. The first kappa shape index (κ1) is 8.76. The SMILES string of the molecule is c1ccc2nc3c(cc2c1)[nH]c1ccccc13. The van der Waals surface area contributed by atoms with Gasteiger partial charge in [-0.3, -0.25) is 0 Å². The van der Waals surface area contributed by atoms with Gasteiger partial charge in [-0.2, -0.15) is 0 Å². The van der Waals surface area contributed by atoms with Gasteiger partial charge >= 0.3 is 0 Å². The number of aromatic amines is 1. The third kappa shape index (κ3) is 1.18. The Hall–Kier alpha value is -2.35. The second-order valence-corrected chi connectivity index (χ2v) is 4.25. The first-order valence-electron chi connectivity index (χ1n) is 5.68. The first-order valence-corrected chi connectivity index (χ1v) is 5.68. The summed E-state index contributed by atoms with van der Waals surface area (Å²) < 4.78 is 0. The number of hydrogen-bond donors (Lipinski definition) is 1. The molecular weight excluding hydrogens is 208 g/mol. The summed E-state index contributed by atoms with van der Waals surface area (Å²) in [6.45, 7) is 0. The van der Waals surface area contributed by atoms with Crippen LogP contribution in [0.1, 0.15) is 0 Å². The van der Waals surface area contributed by atoms with E-state index in [2.05, 4.69) is 35.3 Å². The highest BCUT2D eigenvalue weighted by atomic mass is 14.8. The van der Waals surface area contributed by atoms with Crippen LogP contribution in [0.2, 0.25) is 0 Å². The van der Waals surface area contributed by atoms with Crippen molar-refractivity contribution >= 4 is 32.8 Å². The fourth-order valence-electron chi connectivity index (χ4n) is 2.36. The average Bonchev–Trinajstić information content (AvgIpc) is 2.73. The highest BCUT2D eigenvalue weighted by Gasteiger charge is 2.05. The Morgan fingerprint density at radius 1 is 0.824 bits per heavy atom. The van der Waals surface area contributed by atoms with Crippen LogP contribution in [0.3, 0.4) is 0 Å². The van der Waals surface area contributed by atoms with E-state index in [1.807, 2.05) is 24.3 Å². The Morgan fingerprint density at radius 3 is 2.65 bits per heavy atom. The molecular formula is C15H10N2. The Kier molecular flexibility index (Phi) is 1.59. The predicted octanol–water partition coefficient (Wildman–Crippen LogP) is 3.87. The van der Waals surface area contributed by atoms with Crippen molar-refractivity contribution in [3.8, 4) is 0 Å². The maximum atomic E-state index is 4.73. The molecule has 1 N–H and O–H groups in total. The molecule has 0 bridgehead atoms. The molecule has 0 unspecified atom stereocenters. The number of H-pyrrole nitrogens is 1. The summed E-state index contributed by atoms with van der Waals surface area (Å²) in [5.74, 6) is 0. The molecule has 0 saturated heterocycles. The number of benzene rings is 2. The van der Waals surface area contributed by atoms with Crippen LogP contribution < -0.4 is 0 Å². The molecule has 0 aliphatic heterocycles. The van der Waals surface area contributed by atoms with Gasteiger partial charge in [0.25, 0.3) is 0 Å². The van der Waals surface area contributed by atoms with E-state index in [-0.39, 0.29) is 0 Å². The third-order valence-electron chi connectivity index (χ3n) is 3.18. The number of fused-ring (bicyclic) bond motifs is 4. The van der Waals surface area contributed by atoms with Gasteiger partial charge in [0.05, 0.1) is 16.6 Å². The summed E-state index contributed by atoms with van der Waals surface area (Å²) in [7, 11) is 0. The zero-order valence-electron chi connectivity index (χ0n) is 9.14. The molecule has 2 aromatic carbocycles. The van der Waals surface area contributed by atoms with E-state index < -0.39 is 0 Å². The quantitative estimate of drug-likeness (QED) is 0.477. The van der Waals surface area contributed by atoms with E-state index in [1.54, 1.807) is 0 Å². The van der Waals surface area contributed by atoms with Crippen LogP contribution in [0.25, 0.3) is 32.8 Å². The van der Waals surface area contributed by atoms with Crippen molar-refractivity contribution < 1.29 is 0 Å². The molecule has 2 heterocycles. The smallest absolute Gasteiger partial charge is 0.0965 e. The summed E-state index contributed by atoms with van der Waals surface area (Å²) in [5, 5.41) is 2.36. The van der Waals surface area contributed by atoms with Gasteiger partial charge in [-0.1, -0.05) is 36.4 Å². The van der Waals surface area contributed by atoms with E-state index in [0.29, 0.717) is 0 Å². The average molecular weight is 218 g/mol. The summed E-state index contributed by atoms with van der Waals surface area (Å²) >= 11 is 0. The lowest BCUT2D eigenvalue weighted by atomic mass is 10.2. The van der Waals surface area contributed by atoms with Crippen molar-refractivity contribution in [3.63, 3.8) is 0 Å². The Balaban J connectivity index is 2.28. The van der Waals surface area contributed by atoms with Gasteiger partial charge in [0, 0.05) is 16.3 Å². The minimum Gasteiger partial charge on any atom is -0.353 e. The van der Waals surface area contributed by atoms with Crippen LogP contribution in [0.15, 0.2) is 54.6 Å². The lowest BCUT2D eigenvalue weighted by Crippen LogP contribution is -1.79. The molecule has 4 aromatic rings. The maximum Gasteiger partial charge on any atom is 0.0965 e. The molecule has 0 spiro atoms. The maximum absolute atomic E-state index is 4.73. The minimum absolute atomic E-state index is 1.05. The fraction of sp³-hybridized carbons (Fsp3) is 0. The van der Waals surface area contributed by atoms with Crippen molar-refractivity contribution in [1.29, 1.82) is 0 Å². The van der Waals surface area contributed by atoms with Crippen LogP contribution in [0.5, 0.6) is 0 Å². The molecule has 2 aromatic heterocycles. The highest BCUT2D eigenvalue weighted by Crippen LogP contribution is 2.26. The lowest BCUT2D eigenvalue weighted by molar-refractivity contribution is 1.49. The number of nitrogens with zero attached hydrogens (tertiary/aromatic N) is 1. The fourth-order valence-corrected chi connectivity index (χ4v) is 2.36. The van der Waals surface area contributed by atoms with Crippen molar-refractivity contribution in [2.24, 2.45) is 0 Å². The van der Waals surface area contributed by atoms with Crippen molar-refractivity contribution in [3.05, 3.63) is 54.6 Å². The Bertz CT molecular complexity index is 837. The molecule has 0 radical (unpaired) electrons. The van der Waals surface area contributed by atoms with Crippen molar-refractivity contribution in [1.82, 2.24) is 9.97 Å². The van der Waals surface area contributed by atoms with Gasteiger partial charge in [0.1, 0.15) is 0 Å². The van der Waals surface area contributed by atoms with Crippen LogP contribution in [-0.2, 0) is 0 Å². The van der Waals surface area contributed by atoms with Gasteiger partial charge < -0.3 is 4.98 Å². The van der Waals surface area contributed by atoms with E-state index >= 15 is 0 Å². The second-order valence-electron chi connectivity index (χ2n) is 4.25. The molecule has 0 aliphatic rings. The largest absolute Gasteiger partial charge is 0.353 e. The van der Waals surface area contributed by atoms with Gasteiger partial charge in [-0.05, 0) is 18.2 Å². The first-order chi connectivity index (χ1) is 8.42. The number of aromatic nitrogens is 2. The van der Waals surface area contributed by atoms with Gasteiger partial charge in [0.15, 0.2) is 0 Å². The molecule has 80 valence electrons. The minimum atomic E-state index is 1.05. The molecule has 17 heavy (non-hydrogen) atoms. The van der Waals surface area contributed by atoms with Crippen molar-refractivity contribution in [2.45, 2.75) is 0 Å². The van der Waals surface area contributed by atoms with Gasteiger partial charge in [0.2, 0.25) is 0 Å². The molecule has 0 amide bonds. The molecule has 0 saturated carbocycles.